The zero-order valence-electron chi connectivity index (χ0n) is 17.1. The number of aromatic nitrogens is 1. The summed E-state index contributed by atoms with van der Waals surface area (Å²) in [4.78, 5) is 11.5. The fourth-order valence-corrected chi connectivity index (χ4v) is 5.36. The minimum Gasteiger partial charge on any atom is -0.478 e. The van der Waals surface area contributed by atoms with Gasteiger partial charge in [0.15, 0.2) is 11.6 Å². The smallest absolute Gasteiger partial charge is 0.336 e. The van der Waals surface area contributed by atoms with Crippen LogP contribution in [-0.2, 0) is 10.0 Å². The van der Waals surface area contributed by atoms with Gasteiger partial charge in [0.2, 0.25) is 0 Å². The van der Waals surface area contributed by atoms with Crippen LogP contribution in [0.3, 0.4) is 0 Å². The average molecular weight is 470 g/mol. The molecule has 0 amide bonds. The molecule has 1 N–H and O–H groups in total. The van der Waals surface area contributed by atoms with Crippen LogP contribution in [0.2, 0.25) is 0 Å². The molecule has 0 saturated heterocycles. The number of halogens is 2. The Morgan fingerprint density at radius 1 is 1.24 bits per heavy atom. The van der Waals surface area contributed by atoms with Gasteiger partial charge in [-0.15, -0.1) is 0 Å². The maximum atomic E-state index is 15.6. The number of hydrogen-bond acceptors (Lipinski definition) is 5. The van der Waals surface area contributed by atoms with Gasteiger partial charge in [-0.3, -0.25) is 0 Å². The average Bonchev–Trinajstić information content (AvgIpc) is 3.23. The van der Waals surface area contributed by atoms with Gasteiger partial charge in [-0.25, -0.2) is 26.0 Å². The van der Waals surface area contributed by atoms with Gasteiger partial charge in [-0.2, -0.15) is 5.26 Å². The molecule has 4 rings (SSSR count). The number of fused-ring (bicyclic) bond motifs is 1. The Balaban J connectivity index is 1.80. The second kappa shape index (κ2) is 7.86. The van der Waals surface area contributed by atoms with Crippen molar-refractivity contribution in [1.29, 1.82) is 5.26 Å². The highest BCUT2D eigenvalue weighted by Crippen LogP contribution is 2.40. The van der Waals surface area contributed by atoms with Crippen LogP contribution in [-0.4, -0.2) is 28.2 Å². The van der Waals surface area contributed by atoms with Crippen molar-refractivity contribution in [1.82, 2.24) is 3.97 Å². The first-order chi connectivity index (χ1) is 15.6. The van der Waals surface area contributed by atoms with E-state index in [0.717, 1.165) is 16.1 Å². The summed E-state index contributed by atoms with van der Waals surface area (Å²) in [6, 6.07) is 10.4. The standard InChI is InChI=1S/C23H16F2N2O5S/c1-23(33(30,31)27-11-9-16-17(22(28)29)4-2-5-19(16)27)10-3-6-20(21(23)25)32-15-7-8-18(24)14(12-15)13-26/h2-9,11-12H,10H2,1H3,(H,28,29). The second-order valence-electron chi connectivity index (χ2n) is 7.53. The SMILES string of the molecule is CC1(S(=O)(=O)n2ccc3c(C(=O)O)cccc32)CC=CC(Oc2ccc(F)c(C#N)c2)=C1F. The van der Waals surface area contributed by atoms with Crippen LogP contribution in [0.1, 0.15) is 29.3 Å². The lowest BCUT2D eigenvalue weighted by Gasteiger charge is -2.30. The van der Waals surface area contributed by atoms with E-state index in [-0.39, 0.29) is 34.2 Å². The van der Waals surface area contributed by atoms with Crippen LogP contribution < -0.4 is 4.74 Å². The van der Waals surface area contributed by atoms with E-state index in [1.807, 2.05) is 0 Å². The highest BCUT2D eigenvalue weighted by Gasteiger charge is 2.48. The summed E-state index contributed by atoms with van der Waals surface area (Å²) in [6.07, 6.45) is 3.67. The lowest BCUT2D eigenvalue weighted by atomic mass is 9.99. The second-order valence-corrected chi connectivity index (χ2v) is 9.78. The van der Waals surface area contributed by atoms with Crippen molar-refractivity contribution in [3.05, 3.63) is 89.3 Å². The quantitative estimate of drug-likeness (QED) is 0.588. The molecule has 1 aliphatic carbocycles. The summed E-state index contributed by atoms with van der Waals surface area (Å²) in [5, 5.41) is 18.5. The molecule has 33 heavy (non-hydrogen) atoms. The van der Waals surface area contributed by atoms with Gasteiger partial charge in [0.1, 0.15) is 22.4 Å². The molecule has 2 aromatic carbocycles. The van der Waals surface area contributed by atoms with Gasteiger partial charge >= 0.3 is 5.97 Å². The Hall–Kier alpha value is -3.97. The molecule has 1 heterocycles. The zero-order valence-corrected chi connectivity index (χ0v) is 17.9. The molecule has 0 saturated carbocycles. The van der Waals surface area contributed by atoms with Crippen molar-refractivity contribution >= 4 is 26.9 Å². The van der Waals surface area contributed by atoms with Crippen molar-refractivity contribution in [2.24, 2.45) is 0 Å². The molecule has 10 heteroatoms. The highest BCUT2D eigenvalue weighted by molar-refractivity contribution is 7.91. The number of nitrogens with zero attached hydrogens (tertiary/aromatic N) is 2. The van der Waals surface area contributed by atoms with E-state index in [0.29, 0.717) is 0 Å². The van der Waals surface area contributed by atoms with Gasteiger partial charge in [0.25, 0.3) is 10.0 Å². The molecule has 168 valence electrons. The fourth-order valence-electron chi connectivity index (χ4n) is 3.65. The molecule has 0 aliphatic heterocycles. The van der Waals surface area contributed by atoms with E-state index in [2.05, 4.69) is 0 Å². The van der Waals surface area contributed by atoms with Crippen LogP contribution in [0, 0.1) is 17.1 Å². The van der Waals surface area contributed by atoms with E-state index >= 15 is 4.39 Å². The number of carboxylic acid groups (broad SMARTS) is 1. The number of hydrogen-bond donors (Lipinski definition) is 1. The first kappa shape index (κ1) is 22.2. The van der Waals surface area contributed by atoms with Crippen molar-refractivity contribution in [2.45, 2.75) is 18.1 Å². The Morgan fingerprint density at radius 2 is 2.00 bits per heavy atom. The molecule has 7 nitrogen and oxygen atoms in total. The van der Waals surface area contributed by atoms with Gasteiger partial charge in [-0.1, -0.05) is 12.1 Å². The molecule has 1 unspecified atom stereocenters. The summed E-state index contributed by atoms with van der Waals surface area (Å²) in [5.74, 6) is -3.51. The first-order valence-corrected chi connectivity index (χ1v) is 11.1. The van der Waals surface area contributed by atoms with E-state index < -0.39 is 38.1 Å². The summed E-state index contributed by atoms with van der Waals surface area (Å²) >= 11 is 0. The van der Waals surface area contributed by atoms with Crippen LogP contribution >= 0.6 is 0 Å². The van der Waals surface area contributed by atoms with Crippen LogP contribution in [0.15, 0.2) is 72.4 Å². The zero-order chi connectivity index (χ0) is 24.0. The van der Waals surface area contributed by atoms with Crippen LogP contribution in [0.5, 0.6) is 5.75 Å². The van der Waals surface area contributed by atoms with Crippen molar-refractivity contribution in [3.8, 4) is 11.8 Å². The Morgan fingerprint density at radius 3 is 2.70 bits per heavy atom. The third-order valence-electron chi connectivity index (χ3n) is 5.50. The predicted molar refractivity (Wildman–Crippen MR) is 115 cm³/mol. The maximum Gasteiger partial charge on any atom is 0.336 e. The number of aromatic carboxylic acids is 1. The van der Waals surface area contributed by atoms with E-state index in [1.54, 1.807) is 6.07 Å². The maximum absolute atomic E-state index is 15.6. The number of allylic oxidation sites excluding steroid dienone is 2. The molecule has 0 spiro atoms. The van der Waals surface area contributed by atoms with Gasteiger partial charge < -0.3 is 9.84 Å². The first-order valence-electron chi connectivity index (χ1n) is 9.63. The van der Waals surface area contributed by atoms with E-state index in [4.69, 9.17) is 10.00 Å². The summed E-state index contributed by atoms with van der Waals surface area (Å²) in [7, 11) is -4.43. The highest BCUT2D eigenvalue weighted by atomic mass is 32.2. The third-order valence-corrected chi connectivity index (χ3v) is 7.82. The fraction of sp³-hybridized carbons (Fsp3) is 0.130. The number of rotatable bonds is 5. The van der Waals surface area contributed by atoms with E-state index in [9.17, 15) is 22.7 Å². The van der Waals surface area contributed by atoms with E-state index in [1.165, 1.54) is 55.6 Å². The van der Waals surface area contributed by atoms with Gasteiger partial charge in [-0.05, 0) is 49.8 Å². The van der Waals surface area contributed by atoms with Crippen LogP contribution in [0.4, 0.5) is 8.78 Å². The lowest BCUT2D eigenvalue weighted by molar-refractivity contribution is 0.0699. The summed E-state index contributed by atoms with van der Waals surface area (Å²) in [5.41, 5.74) is -0.297. The molecule has 0 radical (unpaired) electrons. The molecule has 3 aromatic rings. The Labute approximate surface area is 187 Å². The largest absolute Gasteiger partial charge is 0.478 e. The minimum atomic E-state index is -4.43. The monoisotopic (exact) mass is 470 g/mol. The molecule has 0 bridgehead atoms. The molecule has 0 fully saturated rings. The Bertz CT molecular complexity index is 1520. The summed E-state index contributed by atoms with van der Waals surface area (Å²) in [6.45, 7) is 1.20. The molecular weight excluding hydrogens is 454 g/mol. The molecule has 1 aromatic heterocycles. The number of benzene rings is 2. The van der Waals surface area contributed by atoms with Gasteiger partial charge in [0, 0.05) is 17.6 Å². The van der Waals surface area contributed by atoms with Gasteiger partial charge in [0.05, 0.1) is 16.6 Å². The summed E-state index contributed by atoms with van der Waals surface area (Å²) < 4.78 is 60.6. The molecule has 1 atom stereocenters. The van der Waals surface area contributed by atoms with Crippen LogP contribution in [0.25, 0.3) is 10.9 Å². The lowest BCUT2D eigenvalue weighted by Crippen LogP contribution is -2.41. The number of nitriles is 1. The Kier molecular flexibility index (Phi) is 5.30. The van der Waals surface area contributed by atoms with Crippen molar-refractivity contribution < 1.29 is 31.8 Å². The third kappa shape index (κ3) is 3.47. The number of carboxylic acids is 1. The predicted octanol–water partition coefficient (Wildman–Crippen LogP) is 4.51. The number of carbonyl (C=O) groups is 1. The topological polar surface area (TPSA) is 109 Å². The molecule has 1 aliphatic rings. The van der Waals surface area contributed by atoms with Crippen molar-refractivity contribution in [2.75, 3.05) is 0 Å². The minimum absolute atomic E-state index is 0.0399. The van der Waals surface area contributed by atoms with Crippen molar-refractivity contribution in [3.63, 3.8) is 0 Å². The molecular formula is C23H16F2N2O5S. The normalized spacial score (nSPS) is 18.4. The number of ether oxygens (including phenoxy) is 1.